The van der Waals surface area contributed by atoms with Crippen molar-refractivity contribution < 1.29 is 8.42 Å². The van der Waals surface area contributed by atoms with Crippen LogP contribution in [0.3, 0.4) is 0 Å². The first kappa shape index (κ1) is 18.8. The van der Waals surface area contributed by atoms with Gasteiger partial charge in [-0.15, -0.1) is 10.2 Å². The summed E-state index contributed by atoms with van der Waals surface area (Å²) in [6.07, 6.45) is 0.444. The van der Waals surface area contributed by atoms with Crippen molar-refractivity contribution in [1.29, 1.82) is 0 Å². The topological polar surface area (TPSA) is 84.0 Å². The SMILES string of the molecule is Cc1ccc(CNc2ccc(NS(=O)(=O)CCc3ccccc3)nn2)cc1. The molecular formula is C20H22N4O2S. The molecule has 6 nitrogen and oxygen atoms in total. The maximum absolute atomic E-state index is 12.2. The van der Waals surface area contributed by atoms with Gasteiger partial charge >= 0.3 is 0 Å². The van der Waals surface area contributed by atoms with Crippen LogP contribution in [0.2, 0.25) is 0 Å². The zero-order valence-electron chi connectivity index (χ0n) is 15.1. The fourth-order valence-corrected chi connectivity index (χ4v) is 3.52. The highest BCUT2D eigenvalue weighted by Gasteiger charge is 2.12. The number of nitrogens with one attached hydrogen (secondary N) is 2. The normalized spacial score (nSPS) is 11.1. The van der Waals surface area contributed by atoms with E-state index < -0.39 is 10.0 Å². The molecule has 0 unspecified atom stereocenters. The monoisotopic (exact) mass is 382 g/mol. The molecule has 1 aromatic heterocycles. The van der Waals surface area contributed by atoms with Gasteiger partial charge in [-0.3, -0.25) is 4.72 Å². The van der Waals surface area contributed by atoms with Gasteiger partial charge in [0.15, 0.2) is 5.82 Å². The molecule has 2 N–H and O–H groups in total. The summed E-state index contributed by atoms with van der Waals surface area (Å²) in [5.74, 6) is 0.790. The van der Waals surface area contributed by atoms with Crippen LogP contribution in [0.25, 0.3) is 0 Å². The number of anilines is 2. The minimum absolute atomic E-state index is 0.00782. The third-order valence-corrected chi connectivity index (χ3v) is 5.28. The molecule has 1 heterocycles. The Bertz CT molecular complexity index is 957. The highest BCUT2D eigenvalue weighted by molar-refractivity contribution is 7.92. The van der Waals surface area contributed by atoms with E-state index in [1.165, 1.54) is 5.56 Å². The molecule has 0 saturated carbocycles. The Morgan fingerprint density at radius 2 is 1.48 bits per heavy atom. The lowest BCUT2D eigenvalue weighted by atomic mass is 10.1. The van der Waals surface area contributed by atoms with Crippen LogP contribution in [-0.2, 0) is 23.0 Å². The summed E-state index contributed by atoms with van der Waals surface area (Å²) in [5, 5.41) is 11.1. The number of nitrogens with zero attached hydrogens (tertiary/aromatic N) is 2. The van der Waals surface area contributed by atoms with E-state index in [-0.39, 0.29) is 11.6 Å². The van der Waals surface area contributed by atoms with Gasteiger partial charge in [0.25, 0.3) is 0 Å². The van der Waals surface area contributed by atoms with Gasteiger partial charge in [0.2, 0.25) is 10.0 Å². The molecule has 0 radical (unpaired) electrons. The van der Waals surface area contributed by atoms with Crippen LogP contribution < -0.4 is 10.0 Å². The lowest BCUT2D eigenvalue weighted by Gasteiger charge is -2.08. The molecule has 0 aliphatic carbocycles. The minimum Gasteiger partial charge on any atom is -0.365 e. The fourth-order valence-electron chi connectivity index (χ4n) is 2.49. The summed E-state index contributed by atoms with van der Waals surface area (Å²) in [4.78, 5) is 0. The molecule has 7 heteroatoms. The van der Waals surface area contributed by atoms with Gasteiger partial charge in [0.1, 0.15) is 5.82 Å². The summed E-state index contributed by atoms with van der Waals surface area (Å²) < 4.78 is 26.9. The molecule has 0 aliphatic rings. The Balaban J connectivity index is 1.52. The maximum atomic E-state index is 12.2. The number of benzene rings is 2. The predicted octanol–water partition coefficient (Wildman–Crippen LogP) is 3.38. The fraction of sp³-hybridized carbons (Fsp3) is 0.200. The molecule has 140 valence electrons. The van der Waals surface area contributed by atoms with E-state index in [0.717, 1.165) is 11.1 Å². The number of aromatic nitrogens is 2. The summed E-state index contributed by atoms with van der Waals surface area (Å²) in [6, 6.07) is 21.0. The Morgan fingerprint density at radius 3 is 2.15 bits per heavy atom. The molecule has 0 aliphatic heterocycles. The Morgan fingerprint density at radius 1 is 0.815 bits per heavy atom. The number of sulfonamides is 1. The van der Waals surface area contributed by atoms with Crippen LogP contribution in [0.15, 0.2) is 66.7 Å². The van der Waals surface area contributed by atoms with Gasteiger partial charge < -0.3 is 5.32 Å². The van der Waals surface area contributed by atoms with Gasteiger partial charge in [0.05, 0.1) is 5.75 Å². The van der Waals surface area contributed by atoms with Crippen LogP contribution >= 0.6 is 0 Å². The van der Waals surface area contributed by atoms with Gasteiger partial charge in [-0.25, -0.2) is 8.42 Å². The van der Waals surface area contributed by atoms with Crippen molar-refractivity contribution in [3.05, 3.63) is 83.4 Å². The van der Waals surface area contributed by atoms with Crippen LogP contribution in [-0.4, -0.2) is 24.4 Å². The largest absolute Gasteiger partial charge is 0.365 e. The van der Waals surface area contributed by atoms with Crippen LogP contribution in [0.1, 0.15) is 16.7 Å². The first-order valence-corrected chi connectivity index (χ1v) is 10.3. The zero-order chi connectivity index (χ0) is 19.1. The van der Waals surface area contributed by atoms with E-state index in [0.29, 0.717) is 18.8 Å². The highest BCUT2D eigenvalue weighted by atomic mass is 32.2. The Labute approximate surface area is 159 Å². The van der Waals surface area contributed by atoms with Crippen molar-refractivity contribution in [2.75, 3.05) is 15.8 Å². The van der Waals surface area contributed by atoms with E-state index in [2.05, 4.69) is 32.4 Å². The van der Waals surface area contributed by atoms with Crippen LogP contribution in [0.5, 0.6) is 0 Å². The molecule has 27 heavy (non-hydrogen) atoms. The molecule has 0 amide bonds. The molecule has 0 spiro atoms. The summed E-state index contributed by atoms with van der Waals surface area (Å²) in [5.41, 5.74) is 3.32. The van der Waals surface area contributed by atoms with Crippen molar-refractivity contribution in [2.45, 2.75) is 19.9 Å². The van der Waals surface area contributed by atoms with Gasteiger partial charge in [-0.2, -0.15) is 0 Å². The molecule has 0 fully saturated rings. The predicted molar refractivity (Wildman–Crippen MR) is 108 cm³/mol. The van der Waals surface area contributed by atoms with E-state index >= 15 is 0 Å². The molecule has 3 rings (SSSR count). The number of aryl methyl sites for hydroxylation is 2. The molecular weight excluding hydrogens is 360 g/mol. The second-order valence-corrected chi connectivity index (χ2v) is 8.14. The summed E-state index contributed by atoms with van der Waals surface area (Å²) in [7, 11) is -3.48. The average molecular weight is 382 g/mol. The van der Waals surface area contributed by atoms with Crippen molar-refractivity contribution in [1.82, 2.24) is 10.2 Å². The molecule has 3 aromatic rings. The third kappa shape index (κ3) is 6.07. The molecule has 0 atom stereocenters. The average Bonchev–Trinajstić information content (AvgIpc) is 2.68. The number of hydrogen-bond donors (Lipinski definition) is 2. The maximum Gasteiger partial charge on any atom is 0.234 e. The van der Waals surface area contributed by atoms with E-state index in [9.17, 15) is 8.42 Å². The Kier molecular flexibility index (Phi) is 6.03. The van der Waals surface area contributed by atoms with Crippen molar-refractivity contribution in [3.8, 4) is 0 Å². The summed E-state index contributed by atoms with van der Waals surface area (Å²) in [6.45, 7) is 2.67. The van der Waals surface area contributed by atoms with E-state index in [4.69, 9.17) is 0 Å². The molecule has 0 saturated heterocycles. The van der Waals surface area contributed by atoms with Crippen LogP contribution in [0, 0.1) is 6.92 Å². The number of hydrogen-bond acceptors (Lipinski definition) is 5. The van der Waals surface area contributed by atoms with E-state index in [1.807, 2.05) is 49.4 Å². The van der Waals surface area contributed by atoms with Gasteiger partial charge in [-0.05, 0) is 36.6 Å². The molecule has 2 aromatic carbocycles. The first-order chi connectivity index (χ1) is 13.0. The van der Waals surface area contributed by atoms with E-state index in [1.54, 1.807) is 12.1 Å². The standard InChI is InChI=1S/C20H22N4O2S/c1-16-7-9-18(10-8-16)15-21-19-11-12-20(23-22-19)24-27(25,26)14-13-17-5-3-2-4-6-17/h2-12H,13-15H2,1H3,(H,21,22)(H,23,24). The molecule has 0 bridgehead atoms. The highest BCUT2D eigenvalue weighted by Crippen LogP contribution is 2.11. The first-order valence-electron chi connectivity index (χ1n) is 8.68. The summed E-state index contributed by atoms with van der Waals surface area (Å²) >= 11 is 0. The van der Waals surface area contributed by atoms with Crippen molar-refractivity contribution in [3.63, 3.8) is 0 Å². The van der Waals surface area contributed by atoms with Gasteiger partial charge in [0, 0.05) is 6.54 Å². The second-order valence-electron chi connectivity index (χ2n) is 6.30. The quantitative estimate of drug-likeness (QED) is 0.624. The smallest absolute Gasteiger partial charge is 0.234 e. The van der Waals surface area contributed by atoms with Crippen LogP contribution in [0.4, 0.5) is 11.6 Å². The van der Waals surface area contributed by atoms with Crippen molar-refractivity contribution in [2.24, 2.45) is 0 Å². The second kappa shape index (κ2) is 8.64. The minimum atomic E-state index is -3.48. The third-order valence-electron chi connectivity index (χ3n) is 4.02. The Hall–Kier alpha value is -2.93. The van der Waals surface area contributed by atoms with Crippen molar-refractivity contribution >= 4 is 21.7 Å². The lowest BCUT2D eigenvalue weighted by molar-refractivity contribution is 0.600. The van der Waals surface area contributed by atoms with Gasteiger partial charge in [-0.1, -0.05) is 60.2 Å². The lowest BCUT2D eigenvalue weighted by Crippen LogP contribution is -2.19. The number of rotatable bonds is 8. The zero-order valence-corrected chi connectivity index (χ0v) is 15.9.